The van der Waals surface area contributed by atoms with Gasteiger partial charge in [-0.2, -0.15) is 0 Å². The van der Waals surface area contributed by atoms with Gasteiger partial charge >= 0.3 is 0 Å². The SMILES string of the molecule is Fc1cnc2c(c1)COCCN2. The third-order valence-corrected chi connectivity index (χ3v) is 1.73. The van der Waals surface area contributed by atoms with E-state index in [4.69, 9.17) is 4.74 Å². The monoisotopic (exact) mass is 168 g/mol. The maximum atomic E-state index is 12.7. The van der Waals surface area contributed by atoms with Gasteiger partial charge in [0.25, 0.3) is 0 Å². The topological polar surface area (TPSA) is 34.1 Å². The Kier molecular flexibility index (Phi) is 1.91. The van der Waals surface area contributed by atoms with Gasteiger partial charge in [0.1, 0.15) is 11.6 Å². The number of hydrogen-bond donors (Lipinski definition) is 1. The number of aromatic nitrogens is 1. The van der Waals surface area contributed by atoms with Crippen molar-refractivity contribution < 1.29 is 9.13 Å². The van der Waals surface area contributed by atoms with Gasteiger partial charge in [-0.05, 0) is 6.07 Å². The minimum absolute atomic E-state index is 0.318. The molecule has 1 aromatic heterocycles. The molecule has 4 heteroatoms. The van der Waals surface area contributed by atoms with Gasteiger partial charge in [-0.1, -0.05) is 0 Å². The second kappa shape index (κ2) is 3.06. The fourth-order valence-corrected chi connectivity index (χ4v) is 1.17. The average molecular weight is 168 g/mol. The lowest BCUT2D eigenvalue weighted by atomic mass is 10.2. The molecule has 0 unspecified atom stereocenters. The molecule has 64 valence electrons. The van der Waals surface area contributed by atoms with E-state index < -0.39 is 0 Å². The van der Waals surface area contributed by atoms with Crippen molar-refractivity contribution in [2.75, 3.05) is 18.5 Å². The number of rotatable bonds is 0. The molecule has 2 heterocycles. The third kappa shape index (κ3) is 1.38. The zero-order chi connectivity index (χ0) is 8.39. The van der Waals surface area contributed by atoms with E-state index in [1.165, 1.54) is 12.3 Å². The van der Waals surface area contributed by atoms with Crippen LogP contribution >= 0.6 is 0 Å². The van der Waals surface area contributed by atoms with E-state index in [0.29, 0.717) is 13.2 Å². The summed E-state index contributed by atoms with van der Waals surface area (Å²) in [6, 6.07) is 1.45. The minimum Gasteiger partial charge on any atom is -0.375 e. The number of ether oxygens (including phenoxy) is 1. The molecular formula is C8H9FN2O. The first-order valence-electron chi connectivity index (χ1n) is 3.82. The summed E-state index contributed by atoms with van der Waals surface area (Å²) in [6.45, 7) is 1.80. The lowest BCUT2D eigenvalue weighted by Crippen LogP contribution is -2.05. The van der Waals surface area contributed by atoms with Crippen LogP contribution in [0, 0.1) is 5.82 Å². The Morgan fingerprint density at radius 3 is 3.42 bits per heavy atom. The largest absolute Gasteiger partial charge is 0.375 e. The van der Waals surface area contributed by atoms with E-state index in [1.54, 1.807) is 0 Å². The van der Waals surface area contributed by atoms with E-state index in [1.807, 2.05) is 0 Å². The Balaban J connectivity index is 2.36. The van der Waals surface area contributed by atoms with Crippen molar-refractivity contribution in [3.05, 3.63) is 23.6 Å². The molecule has 0 bridgehead atoms. The number of pyridine rings is 1. The molecule has 0 aliphatic carbocycles. The predicted molar refractivity (Wildman–Crippen MR) is 42.3 cm³/mol. The Morgan fingerprint density at radius 2 is 2.50 bits per heavy atom. The van der Waals surface area contributed by atoms with Crippen molar-refractivity contribution in [3.63, 3.8) is 0 Å². The summed E-state index contributed by atoms with van der Waals surface area (Å²) >= 11 is 0. The number of hydrogen-bond acceptors (Lipinski definition) is 3. The molecule has 2 rings (SSSR count). The van der Waals surface area contributed by atoms with Crippen molar-refractivity contribution in [2.24, 2.45) is 0 Å². The summed E-state index contributed by atoms with van der Waals surface area (Å²) in [5.41, 5.74) is 0.785. The minimum atomic E-state index is -0.318. The summed E-state index contributed by atoms with van der Waals surface area (Å²) in [4.78, 5) is 3.91. The van der Waals surface area contributed by atoms with Crippen LogP contribution in [-0.4, -0.2) is 18.1 Å². The zero-order valence-electron chi connectivity index (χ0n) is 6.51. The molecule has 0 aromatic carbocycles. The molecule has 0 amide bonds. The fraction of sp³-hybridized carbons (Fsp3) is 0.375. The molecule has 0 spiro atoms. The molecule has 1 aliphatic rings. The van der Waals surface area contributed by atoms with Crippen LogP contribution in [0.15, 0.2) is 12.3 Å². The fourth-order valence-electron chi connectivity index (χ4n) is 1.17. The number of nitrogens with zero attached hydrogens (tertiary/aromatic N) is 1. The van der Waals surface area contributed by atoms with Gasteiger partial charge in [0.2, 0.25) is 0 Å². The summed E-state index contributed by atoms with van der Waals surface area (Å²) in [6.07, 6.45) is 1.21. The van der Waals surface area contributed by atoms with Crippen LogP contribution in [0.1, 0.15) is 5.56 Å². The summed E-state index contributed by atoms with van der Waals surface area (Å²) < 4.78 is 17.9. The van der Waals surface area contributed by atoms with Gasteiger partial charge in [-0.15, -0.1) is 0 Å². The predicted octanol–water partition coefficient (Wildman–Crippen LogP) is 1.16. The van der Waals surface area contributed by atoms with Crippen molar-refractivity contribution in [2.45, 2.75) is 6.61 Å². The number of nitrogens with one attached hydrogen (secondary N) is 1. The van der Waals surface area contributed by atoms with Gasteiger partial charge in [-0.25, -0.2) is 9.37 Å². The van der Waals surface area contributed by atoms with Crippen LogP contribution in [-0.2, 0) is 11.3 Å². The highest BCUT2D eigenvalue weighted by molar-refractivity contribution is 5.44. The smallest absolute Gasteiger partial charge is 0.142 e. The van der Waals surface area contributed by atoms with Crippen LogP contribution in [0.2, 0.25) is 0 Å². The first kappa shape index (κ1) is 7.49. The molecule has 1 aliphatic heterocycles. The van der Waals surface area contributed by atoms with E-state index in [9.17, 15) is 4.39 Å². The Bertz CT molecular complexity index is 290. The molecule has 0 atom stereocenters. The second-order valence-corrected chi connectivity index (χ2v) is 2.64. The van der Waals surface area contributed by atoms with E-state index >= 15 is 0 Å². The summed E-state index contributed by atoms with van der Waals surface area (Å²) in [5.74, 6) is 0.412. The summed E-state index contributed by atoms with van der Waals surface area (Å²) in [5, 5.41) is 3.05. The van der Waals surface area contributed by atoms with E-state index in [-0.39, 0.29) is 5.82 Å². The van der Waals surface area contributed by atoms with Crippen LogP contribution < -0.4 is 5.32 Å². The van der Waals surface area contributed by atoms with Crippen LogP contribution in [0.5, 0.6) is 0 Å². The molecule has 0 fully saturated rings. The Labute approximate surface area is 69.6 Å². The average Bonchev–Trinajstić information content (AvgIpc) is 2.28. The Hall–Kier alpha value is -1.16. The normalized spacial score (nSPS) is 16.1. The van der Waals surface area contributed by atoms with Gasteiger partial charge in [0.15, 0.2) is 0 Å². The van der Waals surface area contributed by atoms with Crippen LogP contribution in [0.25, 0.3) is 0 Å². The van der Waals surface area contributed by atoms with Gasteiger partial charge in [0, 0.05) is 12.1 Å². The molecule has 1 aromatic rings. The standard InChI is InChI=1S/C8H9FN2O/c9-7-3-6-5-12-2-1-10-8(6)11-4-7/h3-4H,1-2,5H2,(H,10,11). The van der Waals surface area contributed by atoms with Crippen LogP contribution in [0.3, 0.4) is 0 Å². The maximum Gasteiger partial charge on any atom is 0.142 e. The van der Waals surface area contributed by atoms with E-state index in [0.717, 1.165) is 17.9 Å². The van der Waals surface area contributed by atoms with Gasteiger partial charge < -0.3 is 10.1 Å². The second-order valence-electron chi connectivity index (χ2n) is 2.64. The molecular weight excluding hydrogens is 159 g/mol. The molecule has 1 N–H and O–H groups in total. The number of halogens is 1. The number of anilines is 1. The molecule has 0 radical (unpaired) electrons. The quantitative estimate of drug-likeness (QED) is 0.631. The highest BCUT2D eigenvalue weighted by Crippen LogP contribution is 2.16. The highest BCUT2D eigenvalue weighted by atomic mass is 19.1. The summed E-state index contributed by atoms with van der Waals surface area (Å²) in [7, 11) is 0. The van der Waals surface area contributed by atoms with Crippen LogP contribution in [0.4, 0.5) is 10.2 Å². The van der Waals surface area contributed by atoms with Crippen molar-refractivity contribution >= 4 is 5.82 Å². The zero-order valence-corrected chi connectivity index (χ0v) is 6.51. The molecule has 12 heavy (non-hydrogen) atoms. The molecule has 0 saturated carbocycles. The molecule has 3 nitrogen and oxygen atoms in total. The van der Waals surface area contributed by atoms with Gasteiger partial charge in [-0.3, -0.25) is 0 Å². The van der Waals surface area contributed by atoms with Crippen molar-refractivity contribution in [1.29, 1.82) is 0 Å². The first-order chi connectivity index (χ1) is 5.86. The van der Waals surface area contributed by atoms with Gasteiger partial charge in [0.05, 0.1) is 19.4 Å². The van der Waals surface area contributed by atoms with Crippen molar-refractivity contribution in [1.82, 2.24) is 4.98 Å². The lowest BCUT2D eigenvalue weighted by Gasteiger charge is -2.03. The number of fused-ring (bicyclic) bond motifs is 1. The highest BCUT2D eigenvalue weighted by Gasteiger charge is 2.08. The van der Waals surface area contributed by atoms with E-state index in [2.05, 4.69) is 10.3 Å². The Morgan fingerprint density at radius 1 is 1.58 bits per heavy atom. The maximum absolute atomic E-state index is 12.7. The lowest BCUT2D eigenvalue weighted by molar-refractivity contribution is 0.134. The van der Waals surface area contributed by atoms with Crippen molar-refractivity contribution in [3.8, 4) is 0 Å². The molecule has 0 saturated heterocycles. The first-order valence-corrected chi connectivity index (χ1v) is 3.82. The third-order valence-electron chi connectivity index (χ3n) is 1.73.